The van der Waals surface area contributed by atoms with Crippen molar-refractivity contribution >= 4 is 5.69 Å². The standard InChI is InChI=1S/C20H23FN4O3/c21-17-7-6-15(25(27)28)10-14(17)11-24-9-8-18-16(12-24)20(26)23-19(22-18)13-4-2-1-3-5-13/h6-7,10,13H,1-5,8-9,11-12H2,(H,22,23,26). The fraction of sp³-hybridized carbons (Fsp3) is 0.500. The van der Waals surface area contributed by atoms with Crippen LogP contribution in [0.5, 0.6) is 0 Å². The van der Waals surface area contributed by atoms with Gasteiger partial charge in [-0.3, -0.25) is 19.8 Å². The first kappa shape index (κ1) is 18.7. The molecule has 1 aliphatic heterocycles. The summed E-state index contributed by atoms with van der Waals surface area (Å²) >= 11 is 0. The van der Waals surface area contributed by atoms with Gasteiger partial charge in [-0.1, -0.05) is 19.3 Å². The van der Waals surface area contributed by atoms with E-state index in [2.05, 4.69) is 4.98 Å². The van der Waals surface area contributed by atoms with E-state index >= 15 is 0 Å². The Hall–Kier alpha value is -2.61. The first-order valence-electron chi connectivity index (χ1n) is 9.78. The average molecular weight is 386 g/mol. The summed E-state index contributed by atoms with van der Waals surface area (Å²) < 4.78 is 14.1. The van der Waals surface area contributed by atoms with Crippen LogP contribution >= 0.6 is 0 Å². The number of nitro groups is 1. The lowest BCUT2D eigenvalue weighted by Gasteiger charge is -2.29. The number of aromatic amines is 1. The predicted molar refractivity (Wildman–Crippen MR) is 102 cm³/mol. The minimum atomic E-state index is -0.532. The third kappa shape index (κ3) is 3.82. The van der Waals surface area contributed by atoms with Gasteiger partial charge in [0.2, 0.25) is 0 Å². The number of non-ortho nitro benzene ring substituents is 1. The fourth-order valence-corrected chi connectivity index (χ4v) is 4.24. The lowest BCUT2D eigenvalue weighted by atomic mass is 9.88. The largest absolute Gasteiger partial charge is 0.310 e. The number of hydrogen-bond acceptors (Lipinski definition) is 5. The van der Waals surface area contributed by atoms with Gasteiger partial charge >= 0.3 is 0 Å². The van der Waals surface area contributed by atoms with Crippen molar-refractivity contribution in [3.05, 3.63) is 67.1 Å². The van der Waals surface area contributed by atoms with Crippen molar-refractivity contribution in [1.82, 2.24) is 14.9 Å². The molecule has 1 saturated carbocycles. The van der Waals surface area contributed by atoms with Crippen LogP contribution in [-0.4, -0.2) is 26.3 Å². The van der Waals surface area contributed by atoms with Gasteiger partial charge in [-0.05, 0) is 18.9 Å². The van der Waals surface area contributed by atoms with Gasteiger partial charge in [0, 0.05) is 49.7 Å². The summed E-state index contributed by atoms with van der Waals surface area (Å²) in [7, 11) is 0. The van der Waals surface area contributed by atoms with Crippen LogP contribution in [0.3, 0.4) is 0 Å². The molecule has 7 nitrogen and oxygen atoms in total. The van der Waals surface area contributed by atoms with Crippen LogP contribution < -0.4 is 5.56 Å². The van der Waals surface area contributed by atoms with Crippen molar-refractivity contribution in [3.63, 3.8) is 0 Å². The summed E-state index contributed by atoms with van der Waals surface area (Å²) in [4.78, 5) is 32.7. The molecule has 2 aromatic rings. The van der Waals surface area contributed by atoms with E-state index in [1.165, 1.54) is 25.3 Å². The molecule has 2 heterocycles. The Morgan fingerprint density at radius 2 is 2.07 bits per heavy atom. The van der Waals surface area contributed by atoms with Crippen LogP contribution in [0.25, 0.3) is 0 Å². The quantitative estimate of drug-likeness (QED) is 0.642. The molecule has 8 heteroatoms. The Morgan fingerprint density at radius 1 is 1.29 bits per heavy atom. The second kappa shape index (κ2) is 7.79. The maximum atomic E-state index is 14.1. The van der Waals surface area contributed by atoms with Crippen LogP contribution in [-0.2, 0) is 19.5 Å². The van der Waals surface area contributed by atoms with Crippen molar-refractivity contribution in [3.8, 4) is 0 Å². The minimum Gasteiger partial charge on any atom is -0.310 e. The summed E-state index contributed by atoms with van der Waals surface area (Å²) in [6.07, 6.45) is 6.35. The zero-order valence-electron chi connectivity index (χ0n) is 15.6. The second-order valence-electron chi connectivity index (χ2n) is 7.70. The molecule has 0 radical (unpaired) electrons. The van der Waals surface area contributed by atoms with Gasteiger partial charge in [0.1, 0.15) is 11.6 Å². The van der Waals surface area contributed by atoms with E-state index in [1.807, 2.05) is 4.90 Å². The van der Waals surface area contributed by atoms with Crippen molar-refractivity contribution in [2.75, 3.05) is 6.54 Å². The van der Waals surface area contributed by atoms with Crippen LogP contribution in [0.4, 0.5) is 10.1 Å². The number of nitrogens with one attached hydrogen (secondary N) is 1. The van der Waals surface area contributed by atoms with E-state index < -0.39 is 10.7 Å². The number of hydrogen-bond donors (Lipinski definition) is 1. The highest BCUT2D eigenvalue weighted by molar-refractivity contribution is 5.35. The monoisotopic (exact) mass is 386 g/mol. The molecule has 28 heavy (non-hydrogen) atoms. The SMILES string of the molecule is O=c1[nH]c(C2CCCCC2)nc2c1CN(Cc1cc([N+](=O)[O-])ccc1F)CC2. The van der Waals surface area contributed by atoms with Crippen LogP contribution in [0, 0.1) is 15.9 Å². The van der Waals surface area contributed by atoms with E-state index in [0.29, 0.717) is 31.0 Å². The molecule has 0 unspecified atom stereocenters. The topological polar surface area (TPSA) is 92.1 Å². The first-order chi connectivity index (χ1) is 13.5. The highest BCUT2D eigenvalue weighted by Crippen LogP contribution is 2.31. The average Bonchev–Trinajstić information content (AvgIpc) is 2.70. The molecule has 0 saturated heterocycles. The smallest absolute Gasteiger partial charge is 0.269 e. The zero-order chi connectivity index (χ0) is 19.7. The van der Waals surface area contributed by atoms with Crippen LogP contribution in [0.15, 0.2) is 23.0 Å². The van der Waals surface area contributed by atoms with Crippen molar-refractivity contribution in [2.45, 2.75) is 57.5 Å². The van der Waals surface area contributed by atoms with Gasteiger partial charge in [-0.25, -0.2) is 9.37 Å². The lowest BCUT2D eigenvalue weighted by molar-refractivity contribution is -0.385. The van der Waals surface area contributed by atoms with Gasteiger partial charge in [-0.15, -0.1) is 0 Å². The Morgan fingerprint density at radius 3 is 2.82 bits per heavy atom. The van der Waals surface area contributed by atoms with Gasteiger partial charge in [0.25, 0.3) is 11.2 Å². The number of halogens is 1. The van der Waals surface area contributed by atoms with Gasteiger partial charge in [0.15, 0.2) is 0 Å². The Balaban J connectivity index is 1.53. The maximum absolute atomic E-state index is 14.1. The number of H-pyrrole nitrogens is 1. The molecule has 0 spiro atoms. The molecular weight excluding hydrogens is 363 g/mol. The fourth-order valence-electron chi connectivity index (χ4n) is 4.24. The van der Waals surface area contributed by atoms with Crippen molar-refractivity contribution in [1.29, 1.82) is 0 Å². The summed E-state index contributed by atoms with van der Waals surface area (Å²) in [6, 6.07) is 3.54. The highest BCUT2D eigenvalue weighted by Gasteiger charge is 2.25. The van der Waals surface area contributed by atoms with Crippen LogP contribution in [0.2, 0.25) is 0 Å². The highest BCUT2D eigenvalue weighted by atomic mass is 19.1. The molecule has 1 aromatic heterocycles. The number of aromatic nitrogens is 2. The number of benzene rings is 1. The molecule has 4 rings (SSSR count). The van der Waals surface area contributed by atoms with Gasteiger partial charge in [-0.2, -0.15) is 0 Å². The number of fused-ring (bicyclic) bond motifs is 1. The number of nitro benzene ring substituents is 1. The summed E-state index contributed by atoms with van der Waals surface area (Å²) in [5.74, 6) is 0.668. The normalized spacial score (nSPS) is 18.0. The zero-order valence-corrected chi connectivity index (χ0v) is 15.6. The molecule has 0 bridgehead atoms. The summed E-state index contributed by atoms with van der Waals surface area (Å²) in [5, 5.41) is 10.9. The third-order valence-electron chi connectivity index (χ3n) is 5.79. The van der Waals surface area contributed by atoms with E-state index in [9.17, 15) is 19.3 Å². The molecular formula is C20H23FN4O3. The Bertz CT molecular complexity index is 953. The molecule has 1 N–H and O–H groups in total. The van der Waals surface area contributed by atoms with Gasteiger partial charge < -0.3 is 4.98 Å². The van der Waals surface area contributed by atoms with Crippen LogP contribution in [0.1, 0.15) is 60.7 Å². The van der Waals surface area contributed by atoms with E-state index in [4.69, 9.17) is 4.98 Å². The van der Waals surface area contributed by atoms with Crippen molar-refractivity contribution < 1.29 is 9.31 Å². The maximum Gasteiger partial charge on any atom is 0.269 e. The lowest BCUT2D eigenvalue weighted by Crippen LogP contribution is -2.36. The van der Waals surface area contributed by atoms with E-state index in [-0.39, 0.29) is 23.4 Å². The summed E-state index contributed by atoms with van der Waals surface area (Å²) in [6.45, 7) is 1.22. The number of nitrogens with zero attached hydrogens (tertiary/aromatic N) is 3. The molecule has 0 amide bonds. The molecule has 1 aromatic carbocycles. The molecule has 0 atom stereocenters. The first-order valence-corrected chi connectivity index (χ1v) is 9.78. The van der Waals surface area contributed by atoms with Gasteiger partial charge in [0.05, 0.1) is 16.2 Å². The Labute approximate surface area is 161 Å². The minimum absolute atomic E-state index is 0.116. The second-order valence-corrected chi connectivity index (χ2v) is 7.70. The van der Waals surface area contributed by atoms with E-state index in [0.717, 1.165) is 36.5 Å². The van der Waals surface area contributed by atoms with E-state index in [1.54, 1.807) is 0 Å². The molecule has 2 aliphatic rings. The summed E-state index contributed by atoms with van der Waals surface area (Å²) in [5.41, 5.74) is 1.47. The third-order valence-corrected chi connectivity index (χ3v) is 5.79. The van der Waals surface area contributed by atoms with Crippen molar-refractivity contribution in [2.24, 2.45) is 0 Å². The number of rotatable bonds is 4. The predicted octanol–water partition coefficient (Wildman–Crippen LogP) is 3.42. The molecule has 1 aliphatic carbocycles. The Kier molecular flexibility index (Phi) is 5.21. The molecule has 148 valence electrons. The molecule has 1 fully saturated rings.